The number of hydrogen-bond donors (Lipinski definition) is 1. The number of rotatable bonds is 2. The van der Waals surface area contributed by atoms with Gasteiger partial charge in [-0.2, -0.15) is 0 Å². The number of pyridine rings is 1. The summed E-state index contributed by atoms with van der Waals surface area (Å²) in [4.78, 5) is 23.5. The molecule has 1 N–H and O–H groups in total. The van der Waals surface area contributed by atoms with Crippen LogP contribution >= 0.6 is 15.9 Å². The number of fused-ring (bicyclic) bond motifs is 1. The molecule has 0 aliphatic carbocycles. The van der Waals surface area contributed by atoms with Gasteiger partial charge in [0.1, 0.15) is 11.3 Å². The third kappa shape index (κ3) is 3.11. The zero-order chi connectivity index (χ0) is 17.4. The van der Waals surface area contributed by atoms with Crippen molar-refractivity contribution in [1.82, 2.24) is 19.4 Å². The van der Waals surface area contributed by atoms with Gasteiger partial charge >= 0.3 is 6.03 Å². The number of nitrogens with zero attached hydrogens (tertiary/aromatic N) is 4. The predicted molar refractivity (Wildman–Crippen MR) is 101 cm³/mol. The van der Waals surface area contributed by atoms with Gasteiger partial charge < -0.3 is 14.8 Å². The molecule has 0 spiro atoms. The lowest BCUT2D eigenvalue weighted by Crippen LogP contribution is -2.32. The number of benzene rings is 1. The Hall–Kier alpha value is -2.41. The molecule has 25 heavy (non-hydrogen) atoms. The number of carbonyl (C=O) groups is 1. The summed E-state index contributed by atoms with van der Waals surface area (Å²) in [5.41, 5.74) is 2.58. The second kappa shape index (κ2) is 6.48. The Morgan fingerprint density at radius 1 is 1.28 bits per heavy atom. The Morgan fingerprint density at radius 2 is 2.08 bits per heavy atom. The highest BCUT2D eigenvalue weighted by atomic mass is 79.9. The molecule has 2 amide bonds. The summed E-state index contributed by atoms with van der Waals surface area (Å²) in [5, 5.41) is 2.95. The third-order valence-corrected chi connectivity index (χ3v) is 5.13. The van der Waals surface area contributed by atoms with Gasteiger partial charge in [-0.25, -0.2) is 14.8 Å². The molecule has 0 bridgehead atoms. The summed E-state index contributed by atoms with van der Waals surface area (Å²) < 4.78 is 3.03. The highest BCUT2D eigenvalue weighted by Gasteiger charge is 2.30. The number of imidazole rings is 1. The van der Waals surface area contributed by atoms with Gasteiger partial charge in [0, 0.05) is 42.4 Å². The lowest BCUT2D eigenvalue weighted by Gasteiger charge is -2.17. The van der Waals surface area contributed by atoms with E-state index in [-0.39, 0.29) is 11.9 Å². The van der Waals surface area contributed by atoms with Crippen LogP contribution in [-0.4, -0.2) is 38.6 Å². The Morgan fingerprint density at radius 3 is 2.84 bits per heavy atom. The molecule has 3 heterocycles. The van der Waals surface area contributed by atoms with Crippen LogP contribution in [0.15, 0.2) is 47.1 Å². The van der Waals surface area contributed by atoms with E-state index >= 15 is 0 Å². The monoisotopic (exact) mass is 399 g/mol. The van der Waals surface area contributed by atoms with Crippen molar-refractivity contribution in [1.29, 1.82) is 0 Å². The Kier molecular flexibility index (Phi) is 4.17. The molecule has 1 atom stereocenters. The SMILES string of the molecule is Cn1c(C2CCN(C(=O)Nc3ccc(Br)cc3)C2)nc2cccnc21. The number of aryl methyl sites for hydroxylation is 1. The summed E-state index contributed by atoms with van der Waals surface area (Å²) >= 11 is 3.40. The van der Waals surface area contributed by atoms with E-state index < -0.39 is 0 Å². The third-order valence-electron chi connectivity index (χ3n) is 4.60. The van der Waals surface area contributed by atoms with Crippen LogP contribution in [0.4, 0.5) is 10.5 Å². The van der Waals surface area contributed by atoms with Crippen LogP contribution in [0.1, 0.15) is 18.2 Å². The van der Waals surface area contributed by atoms with Crippen molar-refractivity contribution in [2.45, 2.75) is 12.3 Å². The van der Waals surface area contributed by atoms with Crippen LogP contribution in [0.3, 0.4) is 0 Å². The first kappa shape index (κ1) is 16.1. The quantitative estimate of drug-likeness (QED) is 0.713. The zero-order valence-electron chi connectivity index (χ0n) is 13.8. The number of amides is 2. The second-order valence-corrected chi connectivity index (χ2v) is 7.16. The molecule has 6 nitrogen and oxygen atoms in total. The number of anilines is 1. The maximum atomic E-state index is 12.5. The molecule has 4 rings (SSSR count). The first-order chi connectivity index (χ1) is 12.1. The highest BCUT2D eigenvalue weighted by Crippen LogP contribution is 2.28. The number of halogens is 1. The molecular weight excluding hydrogens is 382 g/mol. The number of nitrogens with one attached hydrogen (secondary N) is 1. The van der Waals surface area contributed by atoms with Gasteiger partial charge in [-0.1, -0.05) is 15.9 Å². The summed E-state index contributed by atoms with van der Waals surface area (Å²) in [6, 6.07) is 11.4. The number of urea groups is 1. The Labute approximate surface area is 154 Å². The highest BCUT2D eigenvalue weighted by molar-refractivity contribution is 9.10. The molecule has 1 unspecified atom stereocenters. The van der Waals surface area contributed by atoms with E-state index in [2.05, 4.69) is 26.2 Å². The number of carbonyl (C=O) groups excluding carboxylic acids is 1. The fourth-order valence-electron chi connectivity index (χ4n) is 3.30. The molecule has 3 aromatic rings. The number of likely N-dealkylation sites (tertiary alicyclic amines) is 1. The van der Waals surface area contributed by atoms with Crippen molar-refractivity contribution in [3.63, 3.8) is 0 Å². The lowest BCUT2D eigenvalue weighted by molar-refractivity contribution is 0.222. The topological polar surface area (TPSA) is 63.1 Å². The molecule has 1 fully saturated rings. The van der Waals surface area contributed by atoms with E-state index in [9.17, 15) is 4.79 Å². The minimum Gasteiger partial charge on any atom is -0.324 e. The van der Waals surface area contributed by atoms with E-state index in [4.69, 9.17) is 4.98 Å². The zero-order valence-corrected chi connectivity index (χ0v) is 15.4. The molecule has 7 heteroatoms. The predicted octanol–water partition coefficient (Wildman–Crippen LogP) is 3.75. The minimum absolute atomic E-state index is 0.0679. The van der Waals surface area contributed by atoms with Gasteiger partial charge in [-0.3, -0.25) is 0 Å². The van der Waals surface area contributed by atoms with E-state index in [1.807, 2.05) is 52.9 Å². The van der Waals surface area contributed by atoms with Crippen LogP contribution in [-0.2, 0) is 7.05 Å². The first-order valence-corrected chi connectivity index (χ1v) is 9.00. The standard InChI is InChI=1S/C18H18BrN5O/c1-23-16(22-15-3-2-9-20-17(15)23)12-8-10-24(11-12)18(25)21-14-6-4-13(19)5-7-14/h2-7,9,12H,8,10-11H2,1H3,(H,21,25). The number of aromatic nitrogens is 3. The van der Waals surface area contributed by atoms with Gasteiger partial charge in [0.25, 0.3) is 0 Å². The van der Waals surface area contributed by atoms with Crippen molar-refractivity contribution >= 4 is 38.8 Å². The normalized spacial score (nSPS) is 17.2. The summed E-state index contributed by atoms with van der Waals surface area (Å²) in [7, 11) is 1.99. The molecule has 1 aliphatic heterocycles. The van der Waals surface area contributed by atoms with Gasteiger partial charge in [-0.05, 0) is 42.8 Å². The van der Waals surface area contributed by atoms with E-state index in [1.165, 1.54) is 0 Å². The van der Waals surface area contributed by atoms with Crippen LogP contribution in [0.25, 0.3) is 11.2 Å². The van der Waals surface area contributed by atoms with Crippen molar-refractivity contribution < 1.29 is 4.79 Å². The molecule has 128 valence electrons. The Balaban J connectivity index is 1.47. The van der Waals surface area contributed by atoms with Gasteiger partial charge in [-0.15, -0.1) is 0 Å². The molecule has 1 aromatic carbocycles. The van der Waals surface area contributed by atoms with Gasteiger partial charge in [0.05, 0.1) is 0 Å². The molecule has 0 saturated carbocycles. The van der Waals surface area contributed by atoms with Crippen LogP contribution in [0.2, 0.25) is 0 Å². The molecule has 1 aliphatic rings. The van der Waals surface area contributed by atoms with Crippen molar-refractivity contribution in [3.8, 4) is 0 Å². The van der Waals surface area contributed by atoms with E-state index in [0.29, 0.717) is 6.54 Å². The van der Waals surface area contributed by atoms with E-state index in [1.54, 1.807) is 6.20 Å². The minimum atomic E-state index is -0.0679. The fourth-order valence-corrected chi connectivity index (χ4v) is 3.56. The fraction of sp³-hybridized carbons (Fsp3) is 0.278. The van der Waals surface area contributed by atoms with Crippen LogP contribution in [0.5, 0.6) is 0 Å². The molecule has 2 aromatic heterocycles. The van der Waals surface area contributed by atoms with Gasteiger partial charge in [0.15, 0.2) is 5.65 Å². The maximum absolute atomic E-state index is 12.5. The first-order valence-electron chi connectivity index (χ1n) is 8.20. The van der Waals surface area contributed by atoms with E-state index in [0.717, 1.165) is 40.1 Å². The Bertz CT molecular complexity index is 921. The average Bonchev–Trinajstić information content (AvgIpc) is 3.22. The second-order valence-electron chi connectivity index (χ2n) is 6.24. The summed E-state index contributed by atoms with van der Waals surface area (Å²) in [6.45, 7) is 1.39. The van der Waals surface area contributed by atoms with Crippen molar-refractivity contribution in [2.75, 3.05) is 18.4 Å². The lowest BCUT2D eigenvalue weighted by atomic mass is 10.1. The average molecular weight is 400 g/mol. The number of hydrogen-bond acceptors (Lipinski definition) is 3. The summed E-state index contributed by atoms with van der Waals surface area (Å²) in [5.74, 6) is 1.22. The summed E-state index contributed by atoms with van der Waals surface area (Å²) in [6.07, 6.45) is 2.69. The van der Waals surface area contributed by atoms with Gasteiger partial charge in [0.2, 0.25) is 0 Å². The van der Waals surface area contributed by atoms with Crippen LogP contribution < -0.4 is 5.32 Å². The molecular formula is C18H18BrN5O. The largest absolute Gasteiger partial charge is 0.324 e. The molecule has 1 saturated heterocycles. The molecule has 0 radical (unpaired) electrons. The maximum Gasteiger partial charge on any atom is 0.321 e. The van der Waals surface area contributed by atoms with Crippen molar-refractivity contribution in [2.24, 2.45) is 7.05 Å². The van der Waals surface area contributed by atoms with Crippen LogP contribution in [0, 0.1) is 0 Å². The van der Waals surface area contributed by atoms with Crippen molar-refractivity contribution in [3.05, 3.63) is 52.9 Å². The smallest absolute Gasteiger partial charge is 0.321 e.